The highest BCUT2D eigenvalue weighted by molar-refractivity contribution is 5.95. The molecule has 0 fully saturated rings. The van der Waals surface area contributed by atoms with Crippen LogP contribution in [0.4, 0.5) is 5.82 Å². The number of anilines is 1. The van der Waals surface area contributed by atoms with Crippen molar-refractivity contribution in [2.24, 2.45) is 0 Å². The Bertz CT molecular complexity index is 1000. The number of aromatic amines is 1. The topological polar surface area (TPSA) is 65.1 Å². The molecule has 1 aliphatic heterocycles. The molecule has 0 aliphatic carbocycles. The summed E-state index contributed by atoms with van der Waals surface area (Å²) in [5.41, 5.74) is 3.99. The Labute approximate surface area is 164 Å². The molecule has 28 heavy (non-hydrogen) atoms. The molecule has 0 aromatic carbocycles. The minimum absolute atomic E-state index is 0.0366. The number of hydrogen-bond donors (Lipinski definition) is 1. The summed E-state index contributed by atoms with van der Waals surface area (Å²) in [5.74, 6) is 0.949. The molecule has 6 heteroatoms. The highest BCUT2D eigenvalue weighted by atomic mass is 16.2. The van der Waals surface area contributed by atoms with Gasteiger partial charge in [-0.05, 0) is 50.1 Å². The average Bonchev–Trinajstić information content (AvgIpc) is 3.19. The maximum Gasteiger partial charge on any atom is 0.255 e. The maximum atomic E-state index is 12.9. The Hall–Kier alpha value is -3.15. The lowest BCUT2D eigenvalue weighted by Crippen LogP contribution is -2.34. The summed E-state index contributed by atoms with van der Waals surface area (Å²) < 4.78 is 0. The van der Waals surface area contributed by atoms with Crippen molar-refractivity contribution in [2.75, 3.05) is 31.1 Å². The highest BCUT2D eigenvalue weighted by Gasteiger charge is 2.21. The van der Waals surface area contributed by atoms with Crippen molar-refractivity contribution in [3.63, 3.8) is 0 Å². The summed E-state index contributed by atoms with van der Waals surface area (Å²) in [7, 11) is 0. The molecule has 144 valence electrons. The number of fused-ring (bicyclic) bond motifs is 1. The van der Waals surface area contributed by atoms with Crippen LogP contribution in [0, 0.1) is 0 Å². The van der Waals surface area contributed by atoms with Gasteiger partial charge in [0.15, 0.2) is 0 Å². The molecule has 1 amide bonds. The zero-order chi connectivity index (χ0) is 19.5. The van der Waals surface area contributed by atoms with Gasteiger partial charge in [-0.15, -0.1) is 0 Å². The standard InChI is InChI=1S/C22H25N5O/c1-3-26(4-2)20-8-7-17(14-24-20)22(28)27-12-9-16(10-13-27)19-15-25-21-18(19)6-5-11-23-21/h5-9,11,14-15H,3-4,10,12-13H2,1-2H3,(H,23,25). The number of amides is 1. The molecule has 4 rings (SSSR count). The van der Waals surface area contributed by atoms with E-state index in [1.165, 1.54) is 11.1 Å². The van der Waals surface area contributed by atoms with E-state index in [0.29, 0.717) is 18.7 Å². The van der Waals surface area contributed by atoms with Gasteiger partial charge in [0.1, 0.15) is 11.5 Å². The number of carbonyl (C=O) groups is 1. The lowest BCUT2D eigenvalue weighted by atomic mass is 9.99. The van der Waals surface area contributed by atoms with Crippen molar-refractivity contribution < 1.29 is 4.79 Å². The molecule has 3 aromatic heterocycles. The van der Waals surface area contributed by atoms with Crippen LogP contribution in [-0.4, -0.2) is 51.9 Å². The Morgan fingerprint density at radius 2 is 2.07 bits per heavy atom. The number of rotatable bonds is 5. The van der Waals surface area contributed by atoms with Crippen molar-refractivity contribution in [1.82, 2.24) is 19.9 Å². The van der Waals surface area contributed by atoms with E-state index >= 15 is 0 Å². The van der Waals surface area contributed by atoms with Gasteiger partial charge in [0.25, 0.3) is 5.91 Å². The average molecular weight is 375 g/mol. The van der Waals surface area contributed by atoms with E-state index in [2.05, 4.69) is 45.8 Å². The van der Waals surface area contributed by atoms with Gasteiger partial charge in [0.2, 0.25) is 0 Å². The molecular formula is C22H25N5O. The van der Waals surface area contributed by atoms with Crippen molar-refractivity contribution in [1.29, 1.82) is 0 Å². The fourth-order valence-electron chi connectivity index (χ4n) is 3.75. The Kier molecular flexibility index (Phi) is 5.10. The van der Waals surface area contributed by atoms with Crippen LogP contribution in [0.1, 0.15) is 36.2 Å². The summed E-state index contributed by atoms with van der Waals surface area (Å²) in [4.78, 5) is 29.0. The van der Waals surface area contributed by atoms with Crippen LogP contribution < -0.4 is 4.90 Å². The highest BCUT2D eigenvalue weighted by Crippen LogP contribution is 2.28. The number of aromatic nitrogens is 3. The number of hydrogen-bond acceptors (Lipinski definition) is 4. The number of nitrogens with zero attached hydrogens (tertiary/aromatic N) is 4. The van der Waals surface area contributed by atoms with E-state index in [4.69, 9.17) is 0 Å². The Morgan fingerprint density at radius 1 is 1.21 bits per heavy atom. The van der Waals surface area contributed by atoms with Gasteiger partial charge < -0.3 is 14.8 Å². The van der Waals surface area contributed by atoms with E-state index in [0.717, 1.165) is 36.4 Å². The smallest absolute Gasteiger partial charge is 0.255 e. The second-order valence-corrected chi connectivity index (χ2v) is 6.91. The molecule has 1 aliphatic rings. The fraction of sp³-hybridized carbons (Fsp3) is 0.318. The minimum atomic E-state index is 0.0366. The molecule has 6 nitrogen and oxygen atoms in total. The first kappa shape index (κ1) is 18.2. The Morgan fingerprint density at radius 3 is 2.75 bits per heavy atom. The molecule has 0 spiro atoms. The zero-order valence-corrected chi connectivity index (χ0v) is 16.4. The van der Waals surface area contributed by atoms with Crippen molar-refractivity contribution >= 4 is 28.3 Å². The lowest BCUT2D eigenvalue weighted by Gasteiger charge is -2.27. The van der Waals surface area contributed by atoms with Crippen LogP contribution in [0.3, 0.4) is 0 Å². The first-order valence-corrected chi connectivity index (χ1v) is 9.83. The van der Waals surface area contributed by atoms with Gasteiger partial charge >= 0.3 is 0 Å². The van der Waals surface area contributed by atoms with Gasteiger partial charge in [0, 0.05) is 55.7 Å². The molecule has 4 heterocycles. The van der Waals surface area contributed by atoms with E-state index in [-0.39, 0.29) is 5.91 Å². The van der Waals surface area contributed by atoms with Crippen molar-refractivity contribution in [2.45, 2.75) is 20.3 Å². The van der Waals surface area contributed by atoms with Crippen molar-refractivity contribution in [3.8, 4) is 0 Å². The van der Waals surface area contributed by atoms with Crippen LogP contribution in [-0.2, 0) is 0 Å². The van der Waals surface area contributed by atoms with Crippen LogP contribution in [0.2, 0.25) is 0 Å². The molecule has 1 N–H and O–H groups in total. The molecule has 0 bridgehead atoms. The zero-order valence-electron chi connectivity index (χ0n) is 16.4. The SMILES string of the molecule is CCN(CC)c1ccc(C(=O)N2CC=C(c3c[nH]c4ncccc34)CC2)cn1. The molecule has 0 radical (unpaired) electrons. The number of pyridine rings is 2. The monoisotopic (exact) mass is 375 g/mol. The summed E-state index contributed by atoms with van der Waals surface area (Å²) in [6.07, 6.45) is 8.47. The largest absolute Gasteiger partial charge is 0.357 e. The van der Waals surface area contributed by atoms with Crippen LogP contribution in [0.15, 0.2) is 48.9 Å². The lowest BCUT2D eigenvalue weighted by molar-refractivity contribution is 0.0772. The summed E-state index contributed by atoms with van der Waals surface area (Å²) in [5, 5.41) is 1.13. The van der Waals surface area contributed by atoms with Crippen LogP contribution in [0.5, 0.6) is 0 Å². The second-order valence-electron chi connectivity index (χ2n) is 6.91. The first-order valence-electron chi connectivity index (χ1n) is 9.83. The van der Waals surface area contributed by atoms with Crippen molar-refractivity contribution in [3.05, 3.63) is 60.1 Å². The maximum absolute atomic E-state index is 12.9. The molecule has 0 unspecified atom stereocenters. The second kappa shape index (κ2) is 7.84. The normalized spacial score (nSPS) is 14.2. The first-order chi connectivity index (χ1) is 13.7. The molecular weight excluding hydrogens is 350 g/mol. The summed E-state index contributed by atoms with van der Waals surface area (Å²) >= 11 is 0. The summed E-state index contributed by atoms with van der Waals surface area (Å²) in [6, 6.07) is 7.85. The third-order valence-corrected chi connectivity index (χ3v) is 5.38. The van der Waals surface area contributed by atoms with E-state index < -0.39 is 0 Å². The van der Waals surface area contributed by atoms with E-state index in [1.54, 1.807) is 12.4 Å². The van der Waals surface area contributed by atoms with Gasteiger partial charge in [-0.25, -0.2) is 9.97 Å². The Balaban J connectivity index is 1.47. The number of nitrogens with one attached hydrogen (secondary N) is 1. The molecule has 0 saturated carbocycles. The van der Waals surface area contributed by atoms with Gasteiger partial charge in [-0.1, -0.05) is 6.08 Å². The predicted molar refractivity (Wildman–Crippen MR) is 112 cm³/mol. The number of carbonyl (C=O) groups excluding carboxylic acids is 1. The fourth-order valence-corrected chi connectivity index (χ4v) is 3.75. The molecule has 0 atom stereocenters. The minimum Gasteiger partial charge on any atom is -0.357 e. The van der Waals surface area contributed by atoms with Crippen LogP contribution in [0.25, 0.3) is 16.6 Å². The third-order valence-electron chi connectivity index (χ3n) is 5.38. The van der Waals surface area contributed by atoms with E-state index in [1.807, 2.05) is 29.3 Å². The van der Waals surface area contributed by atoms with Gasteiger partial charge in [0.05, 0.1) is 5.56 Å². The molecule has 3 aromatic rings. The number of H-pyrrole nitrogens is 1. The van der Waals surface area contributed by atoms with Gasteiger partial charge in [-0.2, -0.15) is 0 Å². The quantitative estimate of drug-likeness (QED) is 0.738. The third kappa shape index (κ3) is 3.38. The van der Waals surface area contributed by atoms with Gasteiger partial charge in [-0.3, -0.25) is 4.79 Å². The van der Waals surface area contributed by atoms with E-state index in [9.17, 15) is 4.79 Å². The molecule has 0 saturated heterocycles. The predicted octanol–water partition coefficient (Wildman–Crippen LogP) is 3.73. The van der Waals surface area contributed by atoms with Crippen LogP contribution >= 0.6 is 0 Å². The summed E-state index contributed by atoms with van der Waals surface area (Å²) in [6.45, 7) is 7.32.